The van der Waals surface area contributed by atoms with Crippen LogP contribution in [0.15, 0.2) is 53.4 Å². The summed E-state index contributed by atoms with van der Waals surface area (Å²) in [6, 6.07) is 13.4. The van der Waals surface area contributed by atoms with Crippen molar-refractivity contribution in [3.63, 3.8) is 0 Å². The molecule has 2 N–H and O–H groups in total. The van der Waals surface area contributed by atoms with Gasteiger partial charge < -0.3 is 5.32 Å². The van der Waals surface area contributed by atoms with Crippen LogP contribution < -0.4 is 10.0 Å². The predicted octanol–water partition coefficient (Wildman–Crippen LogP) is 3.32. The molecule has 0 aromatic heterocycles. The molecule has 1 amide bonds. The first-order chi connectivity index (χ1) is 11.1. The highest BCUT2D eigenvalue weighted by atomic mass is 32.2. The van der Waals surface area contributed by atoms with Gasteiger partial charge in [0.1, 0.15) is 0 Å². The van der Waals surface area contributed by atoms with Gasteiger partial charge in [0.25, 0.3) is 5.91 Å². The van der Waals surface area contributed by atoms with Gasteiger partial charge in [-0.3, -0.25) is 4.79 Å². The Morgan fingerprint density at radius 3 is 2.29 bits per heavy atom. The topological polar surface area (TPSA) is 75.3 Å². The largest absolute Gasteiger partial charge is 0.322 e. The quantitative estimate of drug-likeness (QED) is 0.892. The van der Waals surface area contributed by atoms with Gasteiger partial charge in [0.15, 0.2) is 0 Å². The number of aryl methyl sites for hydroxylation is 1. The summed E-state index contributed by atoms with van der Waals surface area (Å²) < 4.78 is 27.3. The Bertz CT molecular complexity index is 853. The number of carbonyl (C=O) groups is 1. The lowest BCUT2D eigenvalue weighted by molar-refractivity contribution is 0.102. The molecular formula is C18H22N2O3S. The highest BCUT2D eigenvalue weighted by Crippen LogP contribution is 2.18. The molecule has 5 nitrogen and oxygen atoms in total. The first kappa shape index (κ1) is 18.2. The second-order valence-corrected chi connectivity index (χ2v) is 8.39. The summed E-state index contributed by atoms with van der Waals surface area (Å²) in [6.45, 7) is 7.22. The van der Waals surface area contributed by atoms with E-state index in [1.54, 1.807) is 51.1 Å². The number of sulfonamides is 1. The average molecular weight is 346 g/mol. The van der Waals surface area contributed by atoms with Crippen molar-refractivity contribution in [2.75, 3.05) is 5.32 Å². The lowest BCUT2D eigenvalue weighted by Crippen LogP contribution is -2.40. The van der Waals surface area contributed by atoms with Gasteiger partial charge in [-0.15, -0.1) is 0 Å². The van der Waals surface area contributed by atoms with Crippen LogP contribution in [0.5, 0.6) is 0 Å². The van der Waals surface area contributed by atoms with Gasteiger partial charge >= 0.3 is 0 Å². The summed E-state index contributed by atoms with van der Waals surface area (Å²) >= 11 is 0. The molecule has 2 aromatic rings. The molecule has 0 saturated heterocycles. The molecule has 0 aliphatic heterocycles. The monoisotopic (exact) mass is 346 g/mol. The number of anilines is 1. The Kier molecular flexibility index (Phi) is 5.11. The molecule has 0 saturated carbocycles. The van der Waals surface area contributed by atoms with Crippen LogP contribution >= 0.6 is 0 Å². The third-order valence-corrected chi connectivity index (χ3v) is 4.88. The van der Waals surface area contributed by atoms with Crippen LogP contribution in [0.3, 0.4) is 0 Å². The minimum absolute atomic E-state index is 0.111. The standard InChI is InChI=1S/C18H22N2O3S/c1-13-7-5-8-14(11-13)17(21)19-15-9-6-10-16(12-15)24(22,23)20-18(2,3)4/h5-12,20H,1-4H3,(H,19,21). The van der Waals surface area contributed by atoms with Crippen molar-refractivity contribution >= 4 is 21.6 Å². The van der Waals surface area contributed by atoms with E-state index in [-0.39, 0.29) is 10.8 Å². The van der Waals surface area contributed by atoms with Crippen molar-refractivity contribution in [2.24, 2.45) is 0 Å². The lowest BCUT2D eigenvalue weighted by atomic mass is 10.1. The third-order valence-electron chi connectivity index (χ3n) is 3.12. The molecule has 0 radical (unpaired) electrons. The Balaban J connectivity index is 2.23. The van der Waals surface area contributed by atoms with Crippen LogP contribution in [0.25, 0.3) is 0 Å². The number of benzene rings is 2. The van der Waals surface area contributed by atoms with Gasteiger partial charge in [0.05, 0.1) is 4.90 Å². The van der Waals surface area contributed by atoms with E-state index in [0.717, 1.165) is 5.56 Å². The second-order valence-electron chi connectivity index (χ2n) is 6.71. The van der Waals surface area contributed by atoms with E-state index in [1.165, 1.54) is 12.1 Å². The molecule has 0 aliphatic carbocycles. The SMILES string of the molecule is Cc1cccc(C(=O)Nc2cccc(S(=O)(=O)NC(C)(C)C)c2)c1. The van der Waals surface area contributed by atoms with Gasteiger partial charge in [-0.05, 0) is 58.0 Å². The van der Waals surface area contributed by atoms with E-state index >= 15 is 0 Å². The number of rotatable bonds is 4. The van der Waals surface area contributed by atoms with Crippen LogP contribution in [-0.2, 0) is 10.0 Å². The maximum atomic E-state index is 12.4. The minimum Gasteiger partial charge on any atom is -0.322 e. The van der Waals surface area contributed by atoms with Crippen molar-refractivity contribution in [3.05, 3.63) is 59.7 Å². The van der Waals surface area contributed by atoms with Gasteiger partial charge in [0.2, 0.25) is 10.0 Å². The van der Waals surface area contributed by atoms with Crippen LogP contribution in [0.4, 0.5) is 5.69 Å². The fourth-order valence-electron chi connectivity index (χ4n) is 2.19. The minimum atomic E-state index is -3.65. The number of amides is 1. The maximum Gasteiger partial charge on any atom is 0.255 e. The molecular weight excluding hydrogens is 324 g/mol. The highest BCUT2D eigenvalue weighted by Gasteiger charge is 2.22. The molecule has 6 heteroatoms. The first-order valence-electron chi connectivity index (χ1n) is 7.59. The van der Waals surface area contributed by atoms with E-state index in [0.29, 0.717) is 11.3 Å². The smallest absolute Gasteiger partial charge is 0.255 e. The van der Waals surface area contributed by atoms with E-state index in [4.69, 9.17) is 0 Å². The number of carbonyl (C=O) groups excluding carboxylic acids is 1. The predicted molar refractivity (Wildman–Crippen MR) is 95.6 cm³/mol. The summed E-state index contributed by atoms with van der Waals surface area (Å²) in [5.41, 5.74) is 1.35. The van der Waals surface area contributed by atoms with Crippen molar-refractivity contribution in [1.29, 1.82) is 0 Å². The van der Waals surface area contributed by atoms with Crippen molar-refractivity contribution < 1.29 is 13.2 Å². The van der Waals surface area contributed by atoms with Crippen molar-refractivity contribution in [3.8, 4) is 0 Å². The summed E-state index contributed by atoms with van der Waals surface area (Å²) in [5, 5.41) is 2.73. The normalized spacial score (nSPS) is 12.0. The fourth-order valence-corrected chi connectivity index (χ4v) is 3.66. The summed E-state index contributed by atoms with van der Waals surface area (Å²) in [4.78, 5) is 12.4. The Labute approximate surface area is 143 Å². The van der Waals surface area contributed by atoms with Gasteiger partial charge in [-0.25, -0.2) is 13.1 Å². The Hall–Kier alpha value is -2.18. The summed E-state index contributed by atoms with van der Waals surface area (Å²) in [5.74, 6) is -0.281. The molecule has 0 atom stereocenters. The molecule has 0 unspecified atom stereocenters. The highest BCUT2D eigenvalue weighted by molar-refractivity contribution is 7.89. The van der Waals surface area contributed by atoms with Gasteiger partial charge in [-0.1, -0.05) is 23.8 Å². The number of nitrogens with one attached hydrogen (secondary N) is 2. The molecule has 0 aliphatic rings. The lowest BCUT2D eigenvalue weighted by Gasteiger charge is -2.20. The Morgan fingerprint density at radius 2 is 1.67 bits per heavy atom. The second kappa shape index (κ2) is 6.75. The number of hydrogen-bond donors (Lipinski definition) is 2. The van der Waals surface area contributed by atoms with Gasteiger partial charge in [-0.2, -0.15) is 0 Å². The van der Waals surface area contributed by atoms with E-state index in [2.05, 4.69) is 10.0 Å². The number of hydrogen-bond acceptors (Lipinski definition) is 3. The third kappa shape index (κ3) is 4.91. The van der Waals surface area contributed by atoms with Crippen LogP contribution in [-0.4, -0.2) is 19.9 Å². The van der Waals surface area contributed by atoms with Crippen molar-refractivity contribution in [2.45, 2.75) is 38.1 Å². The molecule has 128 valence electrons. The summed E-state index contributed by atoms with van der Waals surface area (Å²) in [7, 11) is -3.65. The van der Waals surface area contributed by atoms with E-state index in [9.17, 15) is 13.2 Å². The summed E-state index contributed by atoms with van der Waals surface area (Å²) in [6.07, 6.45) is 0. The average Bonchev–Trinajstić information content (AvgIpc) is 2.45. The van der Waals surface area contributed by atoms with Crippen LogP contribution in [0, 0.1) is 6.92 Å². The maximum absolute atomic E-state index is 12.4. The Morgan fingerprint density at radius 1 is 1.00 bits per heavy atom. The molecule has 0 fully saturated rings. The van der Waals surface area contributed by atoms with Gasteiger partial charge in [0, 0.05) is 16.8 Å². The molecule has 2 rings (SSSR count). The van der Waals surface area contributed by atoms with E-state index in [1.807, 2.05) is 13.0 Å². The van der Waals surface area contributed by atoms with Crippen molar-refractivity contribution in [1.82, 2.24) is 4.72 Å². The van der Waals surface area contributed by atoms with E-state index < -0.39 is 15.6 Å². The molecule has 24 heavy (non-hydrogen) atoms. The fraction of sp³-hybridized carbons (Fsp3) is 0.278. The molecule has 0 bridgehead atoms. The van der Waals surface area contributed by atoms with Crippen LogP contribution in [0.1, 0.15) is 36.7 Å². The van der Waals surface area contributed by atoms with Crippen LogP contribution in [0.2, 0.25) is 0 Å². The zero-order valence-electron chi connectivity index (χ0n) is 14.3. The molecule has 0 spiro atoms. The molecule has 0 heterocycles. The molecule has 2 aromatic carbocycles. The zero-order chi connectivity index (χ0) is 18.0. The zero-order valence-corrected chi connectivity index (χ0v) is 15.1. The first-order valence-corrected chi connectivity index (χ1v) is 9.07.